The van der Waals surface area contributed by atoms with Gasteiger partial charge < -0.3 is 0 Å². The number of hydrogen-bond acceptors (Lipinski definition) is 0. The normalized spacial score (nSPS) is 10.9. The molecule has 0 radical (unpaired) electrons. The maximum absolute atomic E-state index is 2.30. The quantitative estimate of drug-likeness (QED) is 0.606. The third-order valence-electron chi connectivity index (χ3n) is 2.57. The van der Waals surface area contributed by atoms with Crippen LogP contribution in [0.3, 0.4) is 0 Å². The molecule has 1 heteroatoms. The largest absolute Gasteiger partial charge is 0.154 e. The van der Waals surface area contributed by atoms with Gasteiger partial charge in [0.1, 0.15) is 11.5 Å². The molecule has 0 nitrogen and oxygen atoms in total. The molecule has 0 aliphatic carbocycles. The molecule has 0 aliphatic rings. The number of hydrogen-bond donors (Lipinski definition) is 0. The van der Waals surface area contributed by atoms with E-state index in [4.69, 9.17) is 0 Å². The number of benzene rings is 1. The Bertz CT molecular complexity index is 235. The lowest BCUT2D eigenvalue weighted by Crippen LogP contribution is -2.12. The van der Waals surface area contributed by atoms with E-state index < -0.39 is 0 Å². The van der Waals surface area contributed by atoms with Gasteiger partial charge in [0.05, 0.1) is 0 Å². The highest BCUT2D eigenvalue weighted by Crippen LogP contribution is 2.17. The van der Waals surface area contributed by atoms with Crippen LogP contribution in [0.25, 0.3) is 0 Å². The molecule has 0 saturated heterocycles. The lowest BCUT2D eigenvalue weighted by molar-refractivity contribution is 0.870. The molecule has 0 spiro atoms. The summed E-state index contributed by atoms with van der Waals surface area (Å²) in [4.78, 5) is 1.57. The molecule has 0 unspecified atom stereocenters. The molecule has 1 aromatic carbocycles. The zero-order valence-corrected chi connectivity index (χ0v) is 10.9. The molecule has 0 heterocycles. The average molecular weight is 223 g/mol. The van der Waals surface area contributed by atoms with Gasteiger partial charge in [-0.2, -0.15) is 0 Å². The Kier molecular flexibility index (Phi) is 6.58. The van der Waals surface area contributed by atoms with Gasteiger partial charge in [-0.25, -0.2) is 0 Å². The lowest BCUT2D eigenvalue weighted by atomic mass is 10.4. The minimum Gasteiger partial charge on any atom is -0.0652 e. The van der Waals surface area contributed by atoms with E-state index in [1.165, 1.54) is 37.2 Å². The molecule has 0 atom stereocenters. The van der Waals surface area contributed by atoms with Crippen molar-refractivity contribution in [3.8, 4) is 0 Å². The minimum atomic E-state index is 0.512. The second-order valence-corrected chi connectivity index (χ2v) is 6.19. The summed E-state index contributed by atoms with van der Waals surface area (Å²) in [5.41, 5.74) is 0. The van der Waals surface area contributed by atoms with Crippen LogP contribution in [0.5, 0.6) is 0 Å². The maximum Gasteiger partial charge on any atom is 0.154 e. The van der Waals surface area contributed by atoms with E-state index >= 15 is 0 Å². The molecule has 0 N–H and O–H groups in total. The highest BCUT2D eigenvalue weighted by Gasteiger charge is 2.19. The van der Waals surface area contributed by atoms with Crippen molar-refractivity contribution in [2.24, 2.45) is 0 Å². The molecule has 84 valence electrons. The molecule has 0 bridgehead atoms. The summed E-state index contributed by atoms with van der Waals surface area (Å²) in [7, 11) is 0.512. The van der Waals surface area contributed by atoms with E-state index in [0.717, 1.165) is 0 Å². The first kappa shape index (κ1) is 12.6. The van der Waals surface area contributed by atoms with Crippen LogP contribution in [0, 0.1) is 0 Å². The van der Waals surface area contributed by atoms with Gasteiger partial charge in [-0.1, -0.05) is 44.9 Å². The van der Waals surface area contributed by atoms with Gasteiger partial charge in [0.15, 0.2) is 4.90 Å². The van der Waals surface area contributed by atoms with Gasteiger partial charge in [-0.05, 0) is 25.0 Å². The summed E-state index contributed by atoms with van der Waals surface area (Å²) >= 11 is 0. The summed E-state index contributed by atoms with van der Waals surface area (Å²) in [5.74, 6) is 2.78. The molecule has 0 aromatic heterocycles. The molecule has 0 saturated carbocycles. The Morgan fingerprint density at radius 3 is 1.87 bits per heavy atom. The highest BCUT2D eigenvalue weighted by molar-refractivity contribution is 7.96. The zero-order chi connectivity index (χ0) is 10.9. The van der Waals surface area contributed by atoms with Crippen LogP contribution in [0.4, 0.5) is 0 Å². The third-order valence-corrected chi connectivity index (χ3v) is 5.07. The van der Waals surface area contributed by atoms with Gasteiger partial charge in [0.25, 0.3) is 0 Å². The Hall–Kier alpha value is -0.430. The van der Waals surface area contributed by atoms with Crippen LogP contribution < -0.4 is 0 Å². The fraction of sp³-hybridized carbons (Fsp3) is 0.571. The van der Waals surface area contributed by atoms with Crippen LogP contribution in [0.1, 0.15) is 39.5 Å². The van der Waals surface area contributed by atoms with Crippen LogP contribution in [0.2, 0.25) is 0 Å². The van der Waals surface area contributed by atoms with Crippen molar-refractivity contribution in [2.75, 3.05) is 11.5 Å². The van der Waals surface area contributed by atoms with E-state index in [0.29, 0.717) is 10.9 Å². The Balaban J connectivity index is 2.55. The molecular weight excluding hydrogens is 200 g/mol. The zero-order valence-electron chi connectivity index (χ0n) is 10.0. The minimum absolute atomic E-state index is 0.512. The standard InChI is InChI=1S/C14H23S/c1-3-5-12-15(13-6-4-2)14-10-8-7-9-11-14/h7-11H,3-6,12-13H2,1-2H3/q+1. The van der Waals surface area contributed by atoms with Gasteiger partial charge in [0.2, 0.25) is 0 Å². The van der Waals surface area contributed by atoms with Gasteiger partial charge in [0, 0.05) is 10.9 Å². The summed E-state index contributed by atoms with van der Waals surface area (Å²) in [6.45, 7) is 4.57. The molecule has 1 rings (SSSR count). The van der Waals surface area contributed by atoms with E-state index in [1.807, 2.05) is 0 Å². The summed E-state index contributed by atoms with van der Waals surface area (Å²) in [6, 6.07) is 11.1. The highest BCUT2D eigenvalue weighted by atomic mass is 32.2. The van der Waals surface area contributed by atoms with Crippen LogP contribution in [-0.2, 0) is 10.9 Å². The van der Waals surface area contributed by atoms with E-state index in [1.54, 1.807) is 4.90 Å². The third kappa shape index (κ3) is 4.74. The van der Waals surface area contributed by atoms with Crippen molar-refractivity contribution in [3.63, 3.8) is 0 Å². The van der Waals surface area contributed by atoms with Crippen molar-refractivity contribution in [2.45, 2.75) is 44.4 Å². The van der Waals surface area contributed by atoms with Gasteiger partial charge in [-0.15, -0.1) is 0 Å². The maximum atomic E-state index is 2.30. The van der Waals surface area contributed by atoms with Crippen molar-refractivity contribution >= 4 is 10.9 Å². The monoisotopic (exact) mass is 223 g/mol. The number of rotatable bonds is 7. The van der Waals surface area contributed by atoms with Crippen molar-refractivity contribution < 1.29 is 0 Å². The Morgan fingerprint density at radius 1 is 0.867 bits per heavy atom. The smallest absolute Gasteiger partial charge is 0.0652 e. The first-order valence-electron chi connectivity index (χ1n) is 6.11. The Labute approximate surface area is 97.4 Å². The van der Waals surface area contributed by atoms with Crippen LogP contribution >= 0.6 is 0 Å². The van der Waals surface area contributed by atoms with E-state index in [-0.39, 0.29) is 0 Å². The van der Waals surface area contributed by atoms with Crippen LogP contribution in [0.15, 0.2) is 35.2 Å². The molecule has 0 aliphatic heterocycles. The second kappa shape index (κ2) is 7.81. The molecule has 1 aromatic rings. The average Bonchev–Trinajstić information content (AvgIpc) is 2.30. The first-order valence-corrected chi connectivity index (χ1v) is 7.67. The molecular formula is C14H23S+. The van der Waals surface area contributed by atoms with E-state index in [9.17, 15) is 0 Å². The fourth-order valence-electron chi connectivity index (χ4n) is 1.59. The number of unbranched alkanes of at least 4 members (excludes halogenated alkanes) is 2. The molecule has 0 fully saturated rings. The molecule has 0 amide bonds. The SMILES string of the molecule is CCCC[S+](CCCC)c1ccccc1. The van der Waals surface area contributed by atoms with Gasteiger partial charge >= 0.3 is 0 Å². The van der Waals surface area contributed by atoms with Crippen LogP contribution in [-0.4, -0.2) is 11.5 Å². The predicted octanol–water partition coefficient (Wildman–Crippen LogP) is 4.26. The Morgan fingerprint density at radius 2 is 1.40 bits per heavy atom. The van der Waals surface area contributed by atoms with Crippen molar-refractivity contribution in [1.29, 1.82) is 0 Å². The summed E-state index contributed by atoms with van der Waals surface area (Å²) in [5, 5.41) is 0. The molecule has 15 heavy (non-hydrogen) atoms. The van der Waals surface area contributed by atoms with Gasteiger partial charge in [-0.3, -0.25) is 0 Å². The van der Waals surface area contributed by atoms with Crippen molar-refractivity contribution in [1.82, 2.24) is 0 Å². The van der Waals surface area contributed by atoms with E-state index in [2.05, 4.69) is 44.2 Å². The summed E-state index contributed by atoms with van der Waals surface area (Å²) < 4.78 is 0. The lowest BCUT2D eigenvalue weighted by Gasteiger charge is -2.07. The second-order valence-electron chi connectivity index (χ2n) is 3.92. The first-order chi connectivity index (χ1) is 7.38. The van der Waals surface area contributed by atoms with Crippen molar-refractivity contribution in [3.05, 3.63) is 30.3 Å². The predicted molar refractivity (Wildman–Crippen MR) is 71.6 cm³/mol. The summed E-state index contributed by atoms with van der Waals surface area (Å²) in [6.07, 6.45) is 5.40. The topological polar surface area (TPSA) is 0 Å². The fourth-order valence-corrected chi connectivity index (χ4v) is 4.08.